The summed E-state index contributed by atoms with van der Waals surface area (Å²) in [6.45, 7) is 4.71. The zero-order chi connectivity index (χ0) is 42.8. The van der Waals surface area contributed by atoms with E-state index in [1.165, 1.54) is 141 Å². The lowest BCUT2D eigenvalue weighted by Crippen LogP contribution is -2.46. The van der Waals surface area contributed by atoms with E-state index in [9.17, 15) is 19.4 Å². The van der Waals surface area contributed by atoms with Gasteiger partial charge in [-0.15, -0.1) is 0 Å². The maximum atomic E-state index is 12.7. The second kappa shape index (κ2) is 41.1. The van der Waals surface area contributed by atoms with Crippen molar-refractivity contribution >= 4 is 13.7 Å². The van der Waals surface area contributed by atoms with Gasteiger partial charge in [-0.3, -0.25) is 13.8 Å². The molecule has 0 aliphatic carbocycles. The number of quaternary nitrogens is 1. The molecular formula is C49H96N2O6P+. The van der Waals surface area contributed by atoms with Crippen molar-refractivity contribution in [2.24, 2.45) is 0 Å². The molecule has 0 fully saturated rings. The van der Waals surface area contributed by atoms with Gasteiger partial charge < -0.3 is 19.8 Å². The van der Waals surface area contributed by atoms with Crippen molar-refractivity contribution in [3.05, 3.63) is 36.5 Å². The number of unbranched alkanes of at least 4 members (excludes halogenated alkanes) is 25. The van der Waals surface area contributed by atoms with Gasteiger partial charge in [-0.2, -0.15) is 0 Å². The summed E-state index contributed by atoms with van der Waals surface area (Å²) in [7, 11) is 1.61. The monoisotopic (exact) mass is 840 g/mol. The molecule has 0 aromatic heterocycles. The van der Waals surface area contributed by atoms with Crippen LogP contribution in [0.25, 0.3) is 0 Å². The van der Waals surface area contributed by atoms with Crippen molar-refractivity contribution < 1.29 is 32.9 Å². The van der Waals surface area contributed by atoms with Crippen LogP contribution in [0.2, 0.25) is 0 Å². The summed E-state index contributed by atoms with van der Waals surface area (Å²) < 4.78 is 23.3. The van der Waals surface area contributed by atoms with E-state index in [1.807, 2.05) is 21.1 Å². The van der Waals surface area contributed by atoms with E-state index in [0.29, 0.717) is 23.9 Å². The first-order chi connectivity index (χ1) is 28.0. The largest absolute Gasteiger partial charge is 0.472 e. The van der Waals surface area contributed by atoms with E-state index in [2.05, 4.69) is 55.6 Å². The molecule has 0 heterocycles. The number of hydrogen-bond donors (Lipinski definition) is 3. The van der Waals surface area contributed by atoms with E-state index >= 15 is 0 Å². The summed E-state index contributed by atoms with van der Waals surface area (Å²) in [5, 5.41) is 13.6. The number of likely N-dealkylation sites (N-methyl/N-ethyl adjacent to an activating group) is 1. The highest BCUT2D eigenvalue weighted by Crippen LogP contribution is 2.43. The second-order valence-electron chi connectivity index (χ2n) is 17.8. The second-order valence-corrected chi connectivity index (χ2v) is 19.3. The third-order valence-electron chi connectivity index (χ3n) is 10.9. The molecule has 0 radical (unpaired) electrons. The van der Waals surface area contributed by atoms with E-state index in [0.717, 1.165) is 51.4 Å². The normalized spacial score (nSPS) is 14.5. The molecule has 0 saturated carbocycles. The average Bonchev–Trinajstić information content (AvgIpc) is 3.17. The van der Waals surface area contributed by atoms with E-state index in [1.54, 1.807) is 0 Å². The van der Waals surface area contributed by atoms with Crippen molar-refractivity contribution in [3.8, 4) is 0 Å². The van der Waals surface area contributed by atoms with Gasteiger partial charge in [0.2, 0.25) is 5.91 Å². The molecule has 3 unspecified atom stereocenters. The molecule has 0 bridgehead atoms. The molecule has 0 aromatic rings. The van der Waals surface area contributed by atoms with Gasteiger partial charge in [0.25, 0.3) is 0 Å². The molecule has 0 saturated heterocycles. The lowest BCUT2D eigenvalue weighted by atomic mass is 10.0. The number of rotatable bonds is 44. The molecule has 58 heavy (non-hydrogen) atoms. The minimum Gasteiger partial charge on any atom is -0.391 e. The van der Waals surface area contributed by atoms with Crippen LogP contribution < -0.4 is 5.32 Å². The number of carbonyl (C=O) groups is 1. The number of nitrogens with one attached hydrogen (secondary N) is 1. The maximum Gasteiger partial charge on any atom is 0.472 e. The SMILES string of the molecule is CCCCCCC/C=C\C/C=C\C/C=C\CCCCCCCCCCCCCCCCCCCCC(=O)NC(COP(=O)(O)OCC[N+](C)(C)C)C(O)CCCCC. The van der Waals surface area contributed by atoms with Gasteiger partial charge in [0.05, 0.1) is 39.9 Å². The fraction of sp³-hybridized carbons (Fsp3) is 0.857. The third kappa shape index (κ3) is 42.8. The van der Waals surface area contributed by atoms with Crippen LogP contribution in [0.1, 0.15) is 219 Å². The summed E-state index contributed by atoms with van der Waals surface area (Å²) in [5.41, 5.74) is 0. The van der Waals surface area contributed by atoms with E-state index in [-0.39, 0.29) is 19.1 Å². The highest BCUT2D eigenvalue weighted by atomic mass is 31.2. The lowest BCUT2D eigenvalue weighted by Gasteiger charge is -2.26. The molecule has 0 aromatic carbocycles. The molecule has 0 rings (SSSR count). The zero-order valence-corrected chi connectivity index (χ0v) is 39.7. The quantitative estimate of drug-likeness (QED) is 0.0244. The summed E-state index contributed by atoms with van der Waals surface area (Å²) in [6, 6.07) is -0.754. The van der Waals surface area contributed by atoms with Crippen molar-refractivity contribution in [1.82, 2.24) is 5.32 Å². The number of carbonyl (C=O) groups excluding carboxylic acids is 1. The molecule has 0 spiro atoms. The van der Waals surface area contributed by atoms with E-state index in [4.69, 9.17) is 9.05 Å². The van der Waals surface area contributed by atoms with Gasteiger partial charge in [-0.25, -0.2) is 4.57 Å². The van der Waals surface area contributed by atoms with Gasteiger partial charge in [0.1, 0.15) is 13.2 Å². The number of phosphoric ester groups is 1. The standard InChI is InChI=1S/C49H95N2O6P/c1-6-8-10-11-12-13-14-15-16-17-18-19-20-21-22-23-24-25-26-27-28-29-30-31-32-33-34-35-36-37-38-39-41-43-49(53)50-47(48(52)42-40-9-7-2)46-57-58(54,55)56-45-44-51(3,4)5/h14-15,17-18,20-21,47-48,52H,6-13,16,19,22-46H2,1-5H3,(H-,50,53,54,55)/p+1/b15-14-,18-17-,21-20-. The van der Waals surface area contributed by atoms with Crippen molar-refractivity contribution in [2.75, 3.05) is 40.9 Å². The number of allylic oxidation sites excluding steroid dienone is 6. The van der Waals surface area contributed by atoms with Crippen LogP contribution >= 0.6 is 7.82 Å². The van der Waals surface area contributed by atoms with Crippen molar-refractivity contribution in [3.63, 3.8) is 0 Å². The Labute approximate surface area is 359 Å². The van der Waals surface area contributed by atoms with Gasteiger partial charge in [0, 0.05) is 6.42 Å². The Hall–Kier alpha value is -1.28. The van der Waals surface area contributed by atoms with Crippen LogP contribution in [0.4, 0.5) is 0 Å². The molecular weight excluding hydrogens is 744 g/mol. The Kier molecular flexibility index (Phi) is 40.2. The Morgan fingerprint density at radius 3 is 1.43 bits per heavy atom. The molecule has 0 aliphatic rings. The summed E-state index contributed by atoms with van der Waals surface area (Å²) >= 11 is 0. The molecule has 9 heteroatoms. The number of nitrogens with zero attached hydrogens (tertiary/aromatic N) is 1. The molecule has 0 aliphatic heterocycles. The number of hydrogen-bond acceptors (Lipinski definition) is 5. The third-order valence-corrected chi connectivity index (χ3v) is 11.9. The van der Waals surface area contributed by atoms with Crippen molar-refractivity contribution in [1.29, 1.82) is 0 Å². The van der Waals surface area contributed by atoms with E-state index < -0.39 is 20.0 Å². The minimum atomic E-state index is -4.29. The molecule has 3 atom stereocenters. The Morgan fingerprint density at radius 2 is 0.983 bits per heavy atom. The number of aliphatic hydroxyl groups is 1. The fourth-order valence-electron chi connectivity index (χ4n) is 6.99. The van der Waals surface area contributed by atoms with Gasteiger partial charge in [0.15, 0.2) is 0 Å². The van der Waals surface area contributed by atoms with Gasteiger partial charge in [-0.1, -0.05) is 198 Å². The smallest absolute Gasteiger partial charge is 0.391 e. The van der Waals surface area contributed by atoms with Crippen LogP contribution in [0.3, 0.4) is 0 Å². The van der Waals surface area contributed by atoms with Crippen molar-refractivity contribution in [2.45, 2.75) is 231 Å². The Balaban J connectivity index is 3.72. The van der Waals surface area contributed by atoms with Crippen LogP contribution in [0.15, 0.2) is 36.5 Å². The predicted molar refractivity (Wildman–Crippen MR) is 249 cm³/mol. The summed E-state index contributed by atoms with van der Waals surface area (Å²) in [5.74, 6) is -0.155. The number of amides is 1. The minimum absolute atomic E-state index is 0.0736. The van der Waals surface area contributed by atoms with Crippen LogP contribution in [0, 0.1) is 0 Å². The number of aliphatic hydroxyl groups excluding tert-OH is 1. The Morgan fingerprint density at radius 1 is 0.586 bits per heavy atom. The van der Waals surface area contributed by atoms with Crippen LogP contribution in [-0.2, 0) is 18.4 Å². The first kappa shape index (κ1) is 56.7. The predicted octanol–water partition coefficient (Wildman–Crippen LogP) is 13.9. The molecule has 3 N–H and O–H groups in total. The summed E-state index contributed by atoms with van der Waals surface area (Å²) in [6.07, 6.45) is 51.5. The highest BCUT2D eigenvalue weighted by Gasteiger charge is 2.28. The Bertz CT molecular complexity index is 1040. The average molecular weight is 840 g/mol. The van der Waals surface area contributed by atoms with Gasteiger partial charge in [-0.05, 0) is 51.4 Å². The molecule has 342 valence electrons. The van der Waals surface area contributed by atoms with Crippen LogP contribution in [-0.4, -0.2) is 73.4 Å². The lowest BCUT2D eigenvalue weighted by molar-refractivity contribution is -0.870. The first-order valence-corrected chi connectivity index (χ1v) is 25.8. The zero-order valence-electron chi connectivity index (χ0n) is 38.8. The summed E-state index contributed by atoms with van der Waals surface area (Å²) in [4.78, 5) is 22.8. The van der Waals surface area contributed by atoms with Crippen LogP contribution in [0.5, 0.6) is 0 Å². The first-order valence-electron chi connectivity index (χ1n) is 24.4. The molecule has 8 nitrogen and oxygen atoms in total. The number of phosphoric acid groups is 1. The van der Waals surface area contributed by atoms with Gasteiger partial charge >= 0.3 is 7.82 Å². The maximum absolute atomic E-state index is 12.7. The fourth-order valence-corrected chi connectivity index (χ4v) is 7.73. The topological polar surface area (TPSA) is 105 Å². The molecule has 1 amide bonds. The highest BCUT2D eigenvalue weighted by molar-refractivity contribution is 7.47.